The van der Waals surface area contributed by atoms with Crippen molar-refractivity contribution in [2.75, 3.05) is 19.6 Å². The molecule has 104 valence electrons. The first kappa shape index (κ1) is 13.8. The van der Waals surface area contributed by atoms with Crippen LogP contribution in [-0.2, 0) is 4.79 Å². The smallest absolute Gasteiger partial charge is 0.239 e. The Labute approximate surface area is 111 Å². The molecule has 2 heterocycles. The van der Waals surface area contributed by atoms with Gasteiger partial charge in [-0.15, -0.1) is 0 Å². The topological polar surface area (TPSA) is 35.6 Å². The van der Waals surface area contributed by atoms with Crippen molar-refractivity contribution in [3.05, 3.63) is 0 Å². The van der Waals surface area contributed by atoms with Gasteiger partial charge in [0, 0.05) is 37.8 Å². The number of piperazine rings is 1. The fourth-order valence-electron chi connectivity index (χ4n) is 3.51. The monoisotopic (exact) mass is 253 g/mol. The van der Waals surface area contributed by atoms with Gasteiger partial charge in [0.2, 0.25) is 5.91 Å². The van der Waals surface area contributed by atoms with Gasteiger partial charge >= 0.3 is 0 Å². The zero-order valence-corrected chi connectivity index (χ0v) is 12.1. The molecular formula is C14H27N3O. The van der Waals surface area contributed by atoms with Crippen molar-refractivity contribution in [1.82, 2.24) is 15.1 Å². The number of likely N-dealkylation sites (tertiary alicyclic amines) is 1. The maximum atomic E-state index is 12.6. The molecule has 2 rings (SSSR count). The van der Waals surface area contributed by atoms with Crippen molar-refractivity contribution in [3.63, 3.8) is 0 Å². The van der Waals surface area contributed by atoms with Gasteiger partial charge in [-0.25, -0.2) is 0 Å². The van der Waals surface area contributed by atoms with Crippen LogP contribution in [0.2, 0.25) is 0 Å². The van der Waals surface area contributed by atoms with Gasteiger partial charge in [-0.1, -0.05) is 0 Å². The van der Waals surface area contributed by atoms with E-state index in [0.717, 1.165) is 19.6 Å². The van der Waals surface area contributed by atoms with Crippen LogP contribution in [0.25, 0.3) is 0 Å². The second-order valence-corrected chi connectivity index (χ2v) is 5.98. The Bertz CT molecular complexity index is 297. The lowest BCUT2D eigenvalue weighted by Gasteiger charge is -2.39. The number of nitrogens with zero attached hydrogens (tertiary/aromatic N) is 2. The standard InChI is InChI=1S/C14H27N3O/c1-10-5-6-11(2)17(10)13(4)14(18)16-8-7-15-9-12(16)3/h10-13,15H,5-9H2,1-4H3/t10?,11?,12-,13?/m0/s1. The van der Waals surface area contributed by atoms with Crippen LogP contribution < -0.4 is 5.32 Å². The fraction of sp³-hybridized carbons (Fsp3) is 0.929. The van der Waals surface area contributed by atoms with Crippen molar-refractivity contribution in [2.45, 2.75) is 64.7 Å². The van der Waals surface area contributed by atoms with Crippen molar-refractivity contribution >= 4 is 5.91 Å². The van der Waals surface area contributed by atoms with Gasteiger partial charge in [0.1, 0.15) is 0 Å². The summed E-state index contributed by atoms with van der Waals surface area (Å²) >= 11 is 0. The summed E-state index contributed by atoms with van der Waals surface area (Å²) in [5, 5.41) is 3.34. The number of carbonyl (C=O) groups is 1. The minimum Gasteiger partial charge on any atom is -0.336 e. The van der Waals surface area contributed by atoms with Crippen LogP contribution in [-0.4, -0.2) is 59.5 Å². The third kappa shape index (κ3) is 2.54. The number of amides is 1. The number of nitrogens with one attached hydrogen (secondary N) is 1. The third-order valence-electron chi connectivity index (χ3n) is 4.61. The number of hydrogen-bond donors (Lipinski definition) is 1. The summed E-state index contributed by atoms with van der Waals surface area (Å²) in [7, 11) is 0. The van der Waals surface area contributed by atoms with Gasteiger partial charge < -0.3 is 10.2 Å². The highest BCUT2D eigenvalue weighted by atomic mass is 16.2. The van der Waals surface area contributed by atoms with Gasteiger partial charge in [-0.3, -0.25) is 9.69 Å². The average molecular weight is 253 g/mol. The van der Waals surface area contributed by atoms with E-state index in [4.69, 9.17) is 0 Å². The highest BCUT2D eigenvalue weighted by Gasteiger charge is 2.37. The molecule has 4 atom stereocenters. The Hall–Kier alpha value is -0.610. The van der Waals surface area contributed by atoms with E-state index in [1.165, 1.54) is 12.8 Å². The van der Waals surface area contributed by atoms with Crippen LogP contribution in [0.5, 0.6) is 0 Å². The van der Waals surface area contributed by atoms with Crippen LogP contribution >= 0.6 is 0 Å². The summed E-state index contributed by atoms with van der Waals surface area (Å²) in [5.41, 5.74) is 0. The Balaban J connectivity index is 2.03. The first-order valence-electron chi connectivity index (χ1n) is 7.31. The summed E-state index contributed by atoms with van der Waals surface area (Å²) in [6.45, 7) is 11.4. The lowest BCUT2D eigenvalue weighted by molar-refractivity contribution is -0.140. The van der Waals surface area contributed by atoms with Crippen molar-refractivity contribution in [2.24, 2.45) is 0 Å². The Morgan fingerprint density at radius 2 is 1.78 bits per heavy atom. The highest BCUT2D eigenvalue weighted by molar-refractivity contribution is 5.82. The molecule has 18 heavy (non-hydrogen) atoms. The van der Waals surface area contributed by atoms with Crippen molar-refractivity contribution in [3.8, 4) is 0 Å². The highest BCUT2D eigenvalue weighted by Crippen LogP contribution is 2.26. The van der Waals surface area contributed by atoms with Gasteiger partial charge in [-0.2, -0.15) is 0 Å². The molecule has 0 saturated carbocycles. The predicted molar refractivity (Wildman–Crippen MR) is 73.5 cm³/mol. The normalized spacial score (nSPS) is 35.8. The quantitative estimate of drug-likeness (QED) is 0.799. The molecule has 4 nitrogen and oxygen atoms in total. The molecule has 1 amide bonds. The number of carbonyl (C=O) groups excluding carboxylic acids is 1. The number of hydrogen-bond acceptors (Lipinski definition) is 3. The summed E-state index contributed by atoms with van der Waals surface area (Å²) in [5.74, 6) is 0.310. The molecule has 2 aliphatic heterocycles. The molecule has 2 aliphatic rings. The second-order valence-electron chi connectivity index (χ2n) is 5.98. The summed E-state index contributed by atoms with van der Waals surface area (Å²) in [6.07, 6.45) is 2.44. The van der Waals surface area contributed by atoms with E-state index in [1.807, 2.05) is 0 Å². The van der Waals surface area contributed by atoms with Crippen molar-refractivity contribution in [1.29, 1.82) is 0 Å². The van der Waals surface area contributed by atoms with E-state index < -0.39 is 0 Å². The van der Waals surface area contributed by atoms with Crippen LogP contribution in [0.15, 0.2) is 0 Å². The molecule has 0 aliphatic carbocycles. The van der Waals surface area contributed by atoms with E-state index in [2.05, 4.69) is 42.8 Å². The molecule has 2 fully saturated rings. The van der Waals surface area contributed by atoms with Crippen LogP contribution in [0, 0.1) is 0 Å². The minimum absolute atomic E-state index is 0.0260. The first-order chi connectivity index (χ1) is 8.52. The Morgan fingerprint density at radius 3 is 2.33 bits per heavy atom. The van der Waals surface area contributed by atoms with E-state index in [1.54, 1.807) is 0 Å². The minimum atomic E-state index is 0.0260. The Morgan fingerprint density at radius 1 is 1.17 bits per heavy atom. The molecule has 0 spiro atoms. The summed E-state index contributed by atoms with van der Waals surface area (Å²) in [6, 6.07) is 1.43. The molecule has 0 radical (unpaired) electrons. The van der Waals surface area contributed by atoms with Crippen LogP contribution in [0.3, 0.4) is 0 Å². The molecule has 0 aromatic carbocycles. The lowest BCUT2D eigenvalue weighted by atomic mass is 10.1. The predicted octanol–water partition coefficient (Wildman–Crippen LogP) is 1.07. The molecule has 3 unspecified atom stereocenters. The summed E-state index contributed by atoms with van der Waals surface area (Å²) in [4.78, 5) is 17.1. The molecule has 4 heteroatoms. The number of rotatable bonds is 2. The molecule has 1 N–H and O–H groups in total. The summed E-state index contributed by atoms with van der Waals surface area (Å²) < 4.78 is 0. The van der Waals surface area contributed by atoms with Crippen molar-refractivity contribution < 1.29 is 4.79 Å². The van der Waals surface area contributed by atoms with Gasteiger partial charge in [0.05, 0.1) is 6.04 Å². The third-order valence-corrected chi connectivity index (χ3v) is 4.61. The molecule has 0 aromatic heterocycles. The fourth-order valence-corrected chi connectivity index (χ4v) is 3.51. The first-order valence-corrected chi connectivity index (χ1v) is 7.31. The maximum absolute atomic E-state index is 12.6. The van der Waals surface area contributed by atoms with Crippen LogP contribution in [0.4, 0.5) is 0 Å². The largest absolute Gasteiger partial charge is 0.336 e. The van der Waals surface area contributed by atoms with E-state index in [0.29, 0.717) is 24.0 Å². The van der Waals surface area contributed by atoms with Gasteiger partial charge in [0.25, 0.3) is 0 Å². The van der Waals surface area contributed by atoms with Crippen LogP contribution in [0.1, 0.15) is 40.5 Å². The molecule has 2 saturated heterocycles. The van der Waals surface area contributed by atoms with E-state index in [9.17, 15) is 4.79 Å². The van der Waals surface area contributed by atoms with Gasteiger partial charge in [0.15, 0.2) is 0 Å². The van der Waals surface area contributed by atoms with Gasteiger partial charge in [-0.05, 0) is 40.5 Å². The maximum Gasteiger partial charge on any atom is 0.239 e. The molecule has 0 bridgehead atoms. The lowest BCUT2D eigenvalue weighted by Crippen LogP contribution is -2.58. The Kier molecular flexibility index (Phi) is 4.28. The molecule has 0 aromatic rings. The zero-order valence-electron chi connectivity index (χ0n) is 12.1. The zero-order chi connectivity index (χ0) is 13.3. The second kappa shape index (κ2) is 5.57. The average Bonchev–Trinajstić information content (AvgIpc) is 2.68. The van der Waals surface area contributed by atoms with E-state index >= 15 is 0 Å². The molecular weight excluding hydrogens is 226 g/mol. The van der Waals surface area contributed by atoms with E-state index in [-0.39, 0.29) is 6.04 Å². The SMILES string of the molecule is CC1CCC(C)N1C(C)C(=O)N1CCNC[C@@H]1C.